The molecule has 48 heavy (non-hydrogen) atoms. The summed E-state index contributed by atoms with van der Waals surface area (Å²) < 4.78 is 4.73. The van der Waals surface area contributed by atoms with Gasteiger partial charge in [0.2, 0.25) is 0 Å². The van der Waals surface area contributed by atoms with Crippen molar-refractivity contribution < 1.29 is 0 Å². The van der Waals surface area contributed by atoms with Gasteiger partial charge in [0.25, 0.3) is 0 Å². The first kappa shape index (κ1) is 27.9. The monoisotopic (exact) mass is 614 g/mol. The maximum Gasteiger partial charge on any atom is 0.0998 e. The minimum atomic E-state index is 0.214. The zero-order valence-electron chi connectivity index (χ0n) is 26.3. The summed E-state index contributed by atoms with van der Waals surface area (Å²) in [6.07, 6.45) is 14.6. The highest BCUT2D eigenvalue weighted by molar-refractivity contribution is 6.10. The van der Waals surface area contributed by atoms with Crippen molar-refractivity contribution in [1.82, 2.24) is 9.13 Å². The molecule has 0 saturated heterocycles. The zero-order chi connectivity index (χ0) is 32.2. The van der Waals surface area contributed by atoms with E-state index in [0.29, 0.717) is 11.1 Å². The van der Waals surface area contributed by atoms with Crippen LogP contribution in [0.3, 0.4) is 0 Å². The van der Waals surface area contributed by atoms with Crippen LogP contribution in [0.4, 0.5) is 0 Å². The minimum absolute atomic E-state index is 0.214. The Hall–Kier alpha value is -6.36. The smallest absolute Gasteiger partial charge is 0.0998 e. The third kappa shape index (κ3) is 4.20. The lowest BCUT2D eigenvalue weighted by molar-refractivity contribution is 0.622. The summed E-state index contributed by atoms with van der Waals surface area (Å²) >= 11 is 0. The van der Waals surface area contributed by atoms with Crippen LogP contribution in [0.25, 0.3) is 61.2 Å². The van der Waals surface area contributed by atoms with E-state index in [9.17, 15) is 10.5 Å². The Morgan fingerprint density at radius 3 is 2.25 bits per heavy atom. The van der Waals surface area contributed by atoms with Gasteiger partial charge in [-0.2, -0.15) is 10.5 Å². The molecule has 0 fully saturated rings. The maximum absolute atomic E-state index is 10.5. The van der Waals surface area contributed by atoms with Crippen molar-refractivity contribution in [1.29, 1.82) is 10.5 Å². The molecule has 1 unspecified atom stereocenters. The van der Waals surface area contributed by atoms with Crippen molar-refractivity contribution in [3.05, 3.63) is 161 Å². The minimum Gasteiger partial charge on any atom is -0.333 e. The molecular formula is C44H30N4. The number of nitriles is 2. The summed E-state index contributed by atoms with van der Waals surface area (Å²) in [5.74, 6) is 0. The third-order valence-electron chi connectivity index (χ3n) is 10.0. The molecule has 4 nitrogen and oxygen atoms in total. The van der Waals surface area contributed by atoms with Crippen molar-refractivity contribution in [3.8, 4) is 29.0 Å². The van der Waals surface area contributed by atoms with Gasteiger partial charge in [0.05, 0.1) is 46.0 Å². The number of allylic oxidation sites excluding steroid dienone is 5. The number of aromatic nitrogens is 2. The van der Waals surface area contributed by atoms with E-state index in [0.717, 1.165) is 69.0 Å². The van der Waals surface area contributed by atoms with Crippen molar-refractivity contribution >= 4 is 44.4 Å². The molecule has 2 aromatic heterocycles. The molecule has 0 saturated carbocycles. The molecule has 4 heteroatoms. The Morgan fingerprint density at radius 1 is 0.667 bits per heavy atom. The number of fused-ring (bicyclic) bond motifs is 6. The average molecular weight is 615 g/mol. The van der Waals surface area contributed by atoms with E-state index < -0.39 is 0 Å². The molecule has 0 amide bonds. The Labute approximate surface area is 279 Å². The fourth-order valence-corrected chi connectivity index (χ4v) is 7.93. The van der Waals surface area contributed by atoms with Gasteiger partial charge < -0.3 is 9.13 Å². The van der Waals surface area contributed by atoms with Gasteiger partial charge >= 0.3 is 0 Å². The van der Waals surface area contributed by atoms with Crippen LogP contribution in [0, 0.1) is 22.7 Å². The van der Waals surface area contributed by atoms with Gasteiger partial charge in [-0.15, -0.1) is 0 Å². The topological polar surface area (TPSA) is 57.4 Å². The van der Waals surface area contributed by atoms with E-state index in [1.807, 2.05) is 42.5 Å². The predicted octanol–water partition coefficient (Wildman–Crippen LogP) is 10.7. The van der Waals surface area contributed by atoms with Crippen LogP contribution in [0.15, 0.2) is 133 Å². The second kappa shape index (κ2) is 11.2. The normalized spacial score (nSPS) is 15.4. The Balaban J connectivity index is 1.20. The molecule has 226 valence electrons. The first-order valence-electron chi connectivity index (χ1n) is 16.5. The molecule has 2 heterocycles. The van der Waals surface area contributed by atoms with E-state index >= 15 is 0 Å². The van der Waals surface area contributed by atoms with Gasteiger partial charge in [-0.3, -0.25) is 0 Å². The maximum atomic E-state index is 10.5. The number of rotatable bonds is 4. The Morgan fingerprint density at radius 2 is 1.44 bits per heavy atom. The van der Waals surface area contributed by atoms with Gasteiger partial charge in [0.1, 0.15) is 0 Å². The summed E-state index contributed by atoms with van der Waals surface area (Å²) in [6.45, 7) is 0. The van der Waals surface area contributed by atoms with E-state index in [2.05, 4.69) is 118 Å². The van der Waals surface area contributed by atoms with Crippen LogP contribution in [-0.4, -0.2) is 9.13 Å². The fraction of sp³-hybridized carbons (Fsp3) is 0.0909. The highest BCUT2D eigenvalue weighted by atomic mass is 15.0. The largest absolute Gasteiger partial charge is 0.333 e. The molecule has 1 atom stereocenters. The molecule has 0 bridgehead atoms. The van der Waals surface area contributed by atoms with Gasteiger partial charge in [-0.1, -0.05) is 97.1 Å². The molecule has 0 radical (unpaired) electrons. The Kier molecular flexibility index (Phi) is 6.49. The molecule has 9 rings (SSSR count). The number of aryl methyl sites for hydroxylation is 1. The molecule has 5 aromatic carbocycles. The van der Waals surface area contributed by atoms with Gasteiger partial charge in [-0.05, 0) is 84.0 Å². The van der Waals surface area contributed by atoms with Gasteiger partial charge in [0, 0.05) is 32.9 Å². The lowest BCUT2D eigenvalue weighted by Crippen LogP contribution is -2.11. The molecular weight excluding hydrogens is 585 g/mol. The lowest BCUT2D eigenvalue weighted by Gasteiger charge is -2.24. The van der Waals surface area contributed by atoms with Crippen molar-refractivity contribution in [2.24, 2.45) is 0 Å². The summed E-state index contributed by atoms with van der Waals surface area (Å²) in [4.78, 5) is 0. The summed E-state index contributed by atoms with van der Waals surface area (Å²) in [7, 11) is 0. The van der Waals surface area contributed by atoms with Gasteiger partial charge in [0.15, 0.2) is 0 Å². The van der Waals surface area contributed by atoms with E-state index in [-0.39, 0.29) is 6.04 Å². The van der Waals surface area contributed by atoms with E-state index in [1.54, 1.807) is 0 Å². The van der Waals surface area contributed by atoms with Crippen LogP contribution in [-0.2, 0) is 6.42 Å². The number of benzene rings is 5. The van der Waals surface area contributed by atoms with Crippen LogP contribution in [0.1, 0.15) is 46.8 Å². The van der Waals surface area contributed by atoms with Gasteiger partial charge in [-0.25, -0.2) is 0 Å². The van der Waals surface area contributed by atoms with Crippen LogP contribution in [0.2, 0.25) is 0 Å². The first-order chi connectivity index (χ1) is 23.7. The number of para-hydroxylation sites is 2. The first-order valence-corrected chi connectivity index (χ1v) is 16.5. The van der Waals surface area contributed by atoms with E-state index in [1.165, 1.54) is 22.2 Å². The zero-order valence-corrected chi connectivity index (χ0v) is 26.3. The molecule has 0 aliphatic heterocycles. The standard InChI is InChI=1S/C44H30N4/c45-27-29-20-25-37-36-14-5-8-18-41(36)48(43(37)26-29)42-19-9-10-31(28-46)44(42)38-15-2-1-11-33(38)30-21-23-32(24-22-30)47-39-16-6-3-12-34(39)35-13-4-7-17-40(35)47/h1-3,5-12,14-23,25-26,32H,4,13,24H2. The molecule has 2 aliphatic rings. The van der Waals surface area contributed by atoms with Crippen molar-refractivity contribution in [2.45, 2.75) is 25.3 Å². The van der Waals surface area contributed by atoms with Crippen LogP contribution < -0.4 is 0 Å². The predicted molar refractivity (Wildman–Crippen MR) is 196 cm³/mol. The van der Waals surface area contributed by atoms with Crippen LogP contribution in [0.5, 0.6) is 0 Å². The van der Waals surface area contributed by atoms with Crippen molar-refractivity contribution in [2.75, 3.05) is 0 Å². The Bertz CT molecular complexity index is 2630. The SMILES string of the molecule is N#Cc1ccc2c3ccccc3n(-c3cccc(C#N)c3-c3ccccc3C3=CCC(n4c5c(c6ccccc64)CCC=C5)C=C3)c2c1. The molecule has 2 aliphatic carbocycles. The second-order valence-electron chi connectivity index (χ2n) is 12.6. The quantitative estimate of drug-likeness (QED) is 0.198. The summed E-state index contributed by atoms with van der Waals surface area (Å²) in [6, 6.07) is 42.4. The van der Waals surface area contributed by atoms with Crippen LogP contribution >= 0.6 is 0 Å². The summed E-state index contributed by atoms with van der Waals surface area (Å²) in [5.41, 5.74) is 12.3. The third-order valence-corrected chi connectivity index (χ3v) is 10.0. The number of nitrogens with zero attached hydrogens (tertiary/aromatic N) is 4. The molecule has 0 N–H and O–H groups in total. The van der Waals surface area contributed by atoms with Crippen molar-refractivity contribution in [3.63, 3.8) is 0 Å². The molecule has 7 aromatic rings. The highest BCUT2D eigenvalue weighted by Gasteiger charge is 2.24. The summed E-state index contributed by atoms with van der Waals surface area (Å²) in [5, 5.41) is 23.8. The average Bonchev–Trinajstić information content (AvgIpc) is 3.67. The number of hydrogen-bond donors (Lipinski definition) is 0. The molecule has 0 spiro atoms. The fourth-order valence-electron chi connectivity index (χ4n) is 7.93. The number of hydrogen-bond acceptors (Lipinski definition) is 2. The lowest BCUT2D eigenvalue weighted by atomic mass is 9.88. The van der Waals surface area contributed by atoms with E-state index in [4.69, 9.17) is 0 Å². The highest BCUT2D eigenvalue weighted by Crippen LogP contribution is 2.42. The second-order valence-corrected chi connectivity index (χ2v) is 12.6.